The van der Waals surface area contributed by atoms with Gasteiger partial charge in [-0.25, -0.2) is 4.98 Å². The fourth-order valence-electron chi connectivity index (χ4n) is 1.22. The van der Waals surface area contributed by atoms with E-state index in [9.17, 15) is 4.79 Å². The van der Waals surface area contributed by atoms with E-state index in [4.69, 9.17) is 4.74 Å². The zero-order chi connectivity index (χ0) is 13.4. The molecule has 1 amide bonds. The summed E-state index contributed by atoms with van der Waals surface area (Å²) in [7, 11) is 0. The number of amides is 1. The summed E-state index contributed by atoms with van der Waals surface area (Å²) >= 11 is 0. The van der Waals surface area contributed by atoms with Crippen LogP contribution in [0.2, 0.25) is 0 Å². The fraction of sp³-hybridized carbons (Fsp3) is 0.583. The van der Waals surface area contributed by atoms with Crippen LogP contribution in [0, 0.1) is 0 Å². The molecule has 0 aliphatic heterocycles. The van der Waals surface area contributed by atoms with Gasteiger partial charge in [0.15, 0.2) is 0 Å². The van der Waals surface area contributed by atoms with Crippen LogP contribution in [0.5, 0.6) is 0 Å². The van der Waals surface area contributed by atoms with Crippen molar-refractivity contribution in [2.24, 2.45) is 0 Å². The smallest absolute Gasteiger partial charge is 0.291 e. The number of aromatic nitrogens is 3. The first-order valence-electron chi connectivity index (χ1n) is 6.04. The van der Waals surface area contributed by atoms with Crippen molar-refractivity contribution in [1.29, 1.82) is 0 Å². The first kappa shape index (κ1) is 14.4. The molecule has 1 aromatic rings. The molecule has 0 aliphatic carbocycles. The van der Waals surface area contributed by atoms with Gasteiger partial charge in [0.25, 0.3) is 5.91 Å². The van der Waals surface area contributed by atoms with Crippen molar-refractivity contribution in [3.63, 3.8) is 0 Å². The van der Waals surface area contributed by atoms with Gasteiger partial charge in [-0.1, -0.05) is 19.9 Å². The highest BCUT2D eigenvalue weighted by Crippen LogP contribution is 2.07. The molecule has 0 bridgehead atoms. The van der Waals surface area contributed by atoms with E-state index >= 15 is 0 Å². The molecule has 100 valence electrons. The number of H-pyrrole nitrogens is 1. The maximum Gasteiger partial charge on any atom is 0.291 e. The van der Waals surface area contributed by atoms with Gasteiger partial charge in [-0.15, -0.1) is 11.7 Å². The monoisotopic (exact) mass is 252 g/mol. The zero-order valence-corrected chi connectivity index (χ0v) is 10.9. The van der Waals surface area contributed by atoms with Crippen LogP contribution < -0.4 is 5.32 Å². The highest BCUT2D eigenvalue weighted by atomic mass is 16.5. The van der Waals surface area contributed by atoms with E-state index in [2.05, 4.69) is 27.1 Å². The van der Waals surface area contributed by atoms with Gasteiger partial charge in [0.2, 0.25) is 5.82 Å². The standard InChI is InChI=1S/C12H20N4O2/c1-4-5-7-18-8-6-13-12(17)11-14-10(9(2)3)15-16-11/h4,9H,1,5-8H2,2-3H3,(H,13,17)(H,14,15,16). The predicted octanol–water partition coefficient (Wildman–Crippen LogP) is 1.25. The van der Waals surface area contributed by atoms with Crippen LogP contribution in [0.3, 0.4) is 0 Å². The van der Waals surface area contributed by atoms with Crippen LogP contribution in [-0.2, 0) is 4.74 Å². The number of rotatable bonds is 8. The number of carbonyl (C=O) groups is 1. The number of nitrogens with zero attached hydrogens (tertiary/aromatic N) is 2. The topological polar surface area (TPSA) is 79.9 Å². The van der Waals surface area contributed by atoms with E-state index in [1.807, 2.05) is 13.8 Å². The van der Waals surface area contributed by atoms with Crippen molar-refractivity contribution in [1.82, 2.24) is 20.5 Å². The molecule has 0 aromatic carbocycles. The van der Waals surface area contributed by atoms with Gasteiger partial charge in [0.05, 0.1) is 13.2 Å². The highest BCUT2D eigenvalue weighted by Gasteiger charge is 2.13. The lowest BCUT2D eigenvalue weighted by Gasteiger charge is -2.03. The minimum Gasteiger partial charge on any atom is -0.379 e. The summed E-state index contributed by atoms with van der Waals surface area (Å²) in [4.78, 5) is 15.7. The molecule has 1 rings (SSSR count). The maximum atomic E-state index is 11.6. The predicted molar refractivity (Wildman–Crippen MR) is 68.4 cm³/mol. The number of carbonyl (C=O) groups excluding carboxylic acids is 1. The second-order valence-corrected chi connectivity index (χ2v) is 4.14. The van der Waals surface area contributed by atoms with Crippen molar-refractivity contribution in [3.8, 4) is 0 Å². The molecule has 0 spiro atoms. The van der Waals surface area contributed by atoms with Crippen molar-refractivity contribution >= 4 is 5.91 Å². The van der Waals surface area contributed by atoms with E-state index < -0.39 is 0 Å². The molecule has 0 aliphatic rings. The second-order valence-electron chi connectivity index (χ2n) is 4.14. The Hall–Kier alpha value is -1.69. The fourth-order valence-corrected chi connectivity index (χ4v) is 1.22. The Labute approximate surface area is 107 Å². The third-order valence-corrected chi connectivity index (χ3v) is 2.25. The molecule has 1 heterocycles. The van der Waals surface area contributed by atoms with Crippen LogP contribution in [0.4, 0.5) is 0 Å². The minimum atomic E-state index is -0.287. The van der Waals surface area contributed by atoms with Crippen LogP contribution >= 0.6 is 0 Å². The van der Waals surface area contributed by atoms with Crippen molar-refractivity contribution < 1.29 is 9.53 Å². The third kappa shape index (κ3) is 4.67. The molecule has 0 saturated carbocycles. The molecule has 0 atom stereocenters. The van der Waals surface area contributed by atoms with Gasteiger partial charge in [0, 0.05) is 12.5 Å². The quantitative estimate of drug-likeness (QED) is 0.539. The van der Waals surface area contributed by atoms with E-state index in [0.717, 1.165) is 6.42 Å². The summed E-state index contributed by atoms with van der Waals surface area (Å²) in [6, 6.07) is 0. The third-order valence-electron chi connectivity index (χ3n) is 2.25. The summed E-state index contributed by atoms with van der Waals surface area (Å²) < 4.78 is 5.27. The molecule has 6 nitrogen and oxygen atoms in total. The van der Waals surface area contributed by atoms with E-state index in [0.29, 0.717) is 25.6 Å². The van der Waals surface area contributed by atoms with E-state index in [-0.39, 0.29) is 17.6 Å². The van der Waals surface area contributed by atoms with Gasteiger partial charge >= 0.3 is 0 Å². The summed E-state index contributed by atoms with van der Waals surface area (Å²) in [5.41, 5.74) is 0. The molecule has 0 unspecified atom stereocenters. The Bertz CT molecular complexity index is 387. The van der Waals surface area contributed by atoms with Gasteiger partial charge < -0.3 is 10.1 Å². The summed E-state index contributed by atoms with van der Waals surface area (Å²) in [5.74, 6) is 0.818. The molecule has 6 heteroatoms. The normalized spacial score (nSPS) is 10.6. The first-order chi connectivity index (χ1) is 8.65. The zero-order valence-electron chi connectivity index (χ0n) is 10.9. The minimum absolute atomic E-state index is 0.171. The lowest BCUT2D eigenvalue weighted by atomic mass is 10.2. The second kappa shape index (κ2) is 7.60. The number of hydrogen-bond donors (Lipinski definition) is 2. The van der Waals surface area contributed by atoms with Gasteiger partial charge in [-0.05, 0) is 6.42 Å². The Balaban J connectivity index is 2.25. The van der Waals surface area contributed by atoms with Crippen molar-refractivity contribution in [2.75, 3.05) is 19.8 Å². The Morgan fingerprint density at radius 2 is 2.33 bits per heavy atom. The van der Waals surface area contributed by atoms with Crippen LogP contribution in [0.15, 0.2) is 12.7 Å². The Morgan fingerprint density at radius 3 is 2.94 bits per heavy atom. The van der Waals surface area contributed by atoms with Gasteiger partial charge in [0.1, 0.15) is 5.82 Å². The highest BCUT2D eigenvalue weighted by molar-refractivity contribution is 5.90. The van der Waals surface area contributed by atoms with Crippen LogP contribution in [0.1, 0.15) is 42.6 Å². The molecule has 0 saturated heterocycles. The summed E-state index contributed by atoms with van der Waals surface area (Å²) in [6.45, 7) is 9.10. The molecule has 0 radical (unpaired) electrons. The van der Waals surface area contributed by atoms with Gasteiger partial charge in [-0.3, -0.25) is 9.89 Å². The lowest BCUT2D eigenvalue weighted by molar-refractivity contribution is 0.0908. The van der Waals surface area contributed by atoms with Crippen LogP contribution in [0.25, 0.3) is 0 Å². The van der Waals surface area contributed by atoms with Crippen LogP contribution in [-0.4, -0.2) is 40.8 Å². The van der Waals surface area contributed by atoms with Crippen molar-refractivity contribution in [3.05, 3.63) is 24.3 Å². The number of hydrogen-bond acceptors (Lipinski definition) is 4. The average molecular weight is 252 g/mol. The lowest BCUT2D eigenvalue weighted by Crippen LogP contribution is -2.28. The first-order valence-corrected chi connectivity index (χ1v) is 6.04. The summed E-state index contributed by atoms with van der Waals surface area (Å²) in [6.07, 6.45) is 2.60. The molecule has 2 N–H and O–H groups in total. The largest absolute Gasteiger partial charge is 0.379 e. The van der Waals surface area contributed by atoms with E-state index in [1.54, 1.807) is 6.08 Å². The number of nitrogens with one attached hydrogen (secondary N) is 2. The molecular formula is C12H20N4O2. The average Bonchev–Trinajstić information content (AvgIpc) is 2.83. The van der Waals surface area contributed by atoms with Crippen molar-refractivity contribution in [2.45, 2.75) is 26.2 Å². The number of ether oxygens (including phenoxy) is 1. The molecule has 1 aromatic heterocycles. The Morgan fingerprint density at radius 1 is 1.56 bits per heavy atom. The van der Waals surface area contributed by atoms with E-state index in [1.165, 1.54) is 0 Å². The summed E-state index contributed by atoms with van der Waals surface area (Å²) in [5, 5.41) is 9.30. The maximum absolute atomic E-state index is 11.6. The molecule has 0 fully saturated rings. The molecule has 18 heavy (non-hydrogen) atoms. The Kier molecular flexibility index (Phi) is 6.07. The molecular weight excluding hydrogens is 232 g/mol. The SMILES string of the molecule is C=CCCOCCNC(=O)c1n[nH]c(C(C)C)n1. The van der Waals surface area contributed by atoms with Gasteiger partial charge in [-0.2, -0.15) is 0 Å². The number of aromatic amines is 1.